The van der Waals surface area contributed by atoms with Gasteiger partial charge < -0.3 is 9.64 Å². The van der Waals surface area contributed by atoms with Gasteiger partial charge in [0.1, 0.15) is 12.6 Å². The predicted octanol–water partition coefficient (Wildman–Crippen LogP) is 2.24. The lowest BCUT2D eigenvalue weighted by Gasteiger charge is -2.35. The number of hydrogen-bond acceptors (Lipinski definition) is 5. The number of nitriles is 1. The Kier molecular flexibility index (Phi) is 5.94. The molecule has 5 atom stereocenters. The maximum atomic E-state index is 13.3. The minimum Gasteiger partial charge on any atom is -0.443 e. The number of allylic oxidation sites excluding steroid dienone is 1. The number of carbonyl (C=O) groups is 3. The summed E-state index contributed by atoms with van der Waals surface area (Å²) in [4.78, 5) is 40.3. The summed E-state index contributed by atoms with van der Waals surface area (Å²) in [5.41, 5.74) is 3.38. The molecule has 0 spiro atoms. The fourth-order valence-corrected chi connectivity index (χ4v) is 4.84. The van der Waals surface area contributed by atoms with Crippen LogP contribution in [0.2, 0.25) is 0 Å². The molecule has 162 valence electrons. The van der Waals surface area contributed by atoms with Gasteiger partial charge in [0, 0.05) is 19.0 Å². The molecule has 2 heterocycles. The molecule has 0 bridgehead atoms. The van der Waals surface area contributed by atoms with Gasteiger partial charge in [-0.3, -0.25) is 14.6 Å². The van der Waals surface area contributed by atoms with Crippen molar-refractivity contribution in [1.82, 2.24) is 15.3 Å². The van der Waals surface area contributed by atoms with Crippen molar-refractivity contribution in [2.75, 3.05) is 13.1 Å². The van der Waals surface area contributed by atoms with E-state index < -0.39 is 24.0 Å². The van der Waals surface area contributed by atoms with Gasteiger partial charge in [-0.1, -0.05) is 49.4 Å². The Balaban J connectivity index is 1.43. The molecule has 4 rings (SSSR count). The second-order valence-corrected chi connectivity index (χ2v) is 8.40. The maximum Gasteiger partial charge on any atom is 0.426 e. The van der Waals surface area contributed by atoms with Crippen molar-refractivity contribution in [3.05, 3.63) is 48.0 Å². The highest BCUT2D eigenvalue weighted by Gasteiger charge is 2.52. The Morgan fingerprint density at radius 3 is 2.77 bits per heavy atom. The van der Waals surface area contributed by atoms with Crippen LogP contribution < -0.4 is 5.43 Å². The van der Waals surface area contributed by atoms with E-state index in [1.165, 1.54) is 5.01 Å². The Hall–Kier alpha value is -3.34. The first kappa shape index (κ1) is 20.9. The average Bonchev–Trinajstić information content (AvgIpc) is 3.38. The molecule has 3 amide bonds. The molecule has 5 unspecified atom stereocenters. The van der Waals surface area contributed by atoms with Crippen molar-refractivity contribution in [2.24, 2.45) is 23.7 Å². The molecule has 1 aliphatic carbocycles. The number of rotatable bonds is 4. The minimum atomic E-state index is -0.708. The number of fused-ring (bicyclic) bond motifs is 1. The summed E-state index contributed by atoms with van der Waals surface area (Å²) in [7, 11) is 0. The van der Waals surface area contributed by atoms with Gasteiger partial charge in [0.2, 0.25) is 11.8 Å². The van der Waals surface area contributed by atoms with Gasteiger partial charge in [-0.05, 0) is 24.3 Å². The summed E-state index contributed by atoms with van der Waals surface area (Å²) in [6.45, 7) is 2.86. The smallest absolute Gasteiger partial charge is 0.426 e. The van der Waals surface area contributed by atoms with Crippen LogP contribution in [0.1, 0.15) is 25.3 Å². The molecule has 8 nitrogen and oxygen atoms in total. The number of carbonyl (C=O) groups excluding carboxylic acids is 3. The topological polar surface area (TPSA) is 103 Å². The SMILES string of the molecule is CC1C=CC2CN(NC(=O)OCc3ccccc3)C(=O)C2C1C(=O)N1CCCC1C#N. The highest BCUT2D eigenvalue weighted by Crippen LogP contribution is 2.41. The van der Waals surface area contributed by atoms with E-state index in [9.17, 15) is 19.6 Å². The average molecular weight is 422 g/mol. The fraction of sp³-hybridized carbons (Fsp3) is 0.478. The van der Waals surface area contributed by atoms with Crippen molar-refractivity contribution in [1.29, 1.82) is 5.26 Å². The van der Waals surface area contributed by atoms with E-state index in [2.05, 4.69) is 11.5 Å². The van der Waals surface area contributed by atoms with Gasteiger partial charge in [-0.25, -0.2) is 10.2 Å². The van der Waals surface area contributed by atoms with Crippen LogP contribution in [0.25, 0.3) is 0 Å². The van der Waals surface area contributed by atoms with E-state index in [4.69, 9.17) is 4.74 Å². The second-order valence-electron chi connectivity index (χ2n) is 8.40. The first-order chi connectivity index (χ1) is 15.0. The van der Waals surface area contributed by atoms with Crippen molar-refractivity contribution >= 4 is 17.9 Å². The lowest BCUT2D eigenvalue weighted by molar-refractivity contribution is -0.146. The highest BCUT2D eigenvalue weighted by atomic mass is 16.6. The van der Waals surface area contributed by atoms with Gasteiger partial charge in [0.05, 0.1) is 17.9 Å². The molecule has 1 N–H and O–H groups in total. The Labute approximate surface area is 181 Å². The number of nitrogens with zero attached hydrogens (tertiary/aromatic N) is 3. The summed E-state index contributed by atoms with van der Waals surface area (Å²) >= 11 is 0. The summed E-state index contributed by atoms with van der Waals surface area (Å²) in [5.74, 6) is -1.81. The summed E-state index contributed by atoms with van der Waals surface area (Å²) in [5, 5.41) is 10.6. The van der Waals surface area contributed by atoms with Gasteiger partial charge >= 0.3 is 6.09 Å². The number of hydrogen-bond donors (Lipinski definition) is 1. The zero-order valence-electron chi connectivity index (χ0n) is 17.4. The molecule has 2 saturated heterocycles. The maximum absolute atomic E-state index is 13.3. The van der Waals surface area contributed by atoms with Gasteiger partial charge in [0.25, 0.3) is 0 Å². The Bertz CT molecular complexity index is 925. The van der Waals surface area contributed by atoms with E-state index in [1.807, 2.05) is 49.4 Å². The van der Waals surface area contributed by atoms with Crippen LogP contribution >= 0.6 is 0 Å². The van der Waals surface area contributed by atoms with E-state index in [0.717, 1.165) is 12.0 Å². The normalized spacial score (nSPS) is 29.4. The Morgan fingerprint density at radius 2 is 2.03 bits per heavy atom. The van der Waals surface area contributed by atoms with Crippen LogP contribution in [-0.2, 0) is 20.9 Å². The number of likely N-dealkylation sites (tertiary alicyclic amines) is 1. The first-order valence-electron chi connectivity index (χ1n) is 10.7. The zero-order valence-corrected chi connectivity index (χ0v) is 17.4. The number of benzene rings is 1. The highest BCUT2D eigenvalue weighted by molar-refractivity contribution is 5.91. The largest absolute Gasteiger partial charge is 0.443 e. The fourth-order valence-electron chi connectivity index (χ4n) is 4.84. The van der Waals surface area contributed by atoms with E-state index in [1.54, 1.807) is 4.90 Å². The van der Waals surface area contributed by atoms with Crippen molar-refractivity contribution in [3.8, 4) is 6.07 Å². The molecule has 2 aliphatic heterocycles. The van der Waals surface area contributed by atoms with Crippen LogP contribution in [0.4, 0.5) is 4.79 Å². The molecule has 3 aliphatic rings. The van der Waals surface area contributed by atoms with E-state index in [0.29, 0.717) is 19.5 Å². The summed E-state index contributed by atoms with van der Waals surface area (Å²) < 4.78 is 5.22. The van der Waals surface area contributed by atoms with Crippen molar-refractivity contribution in [2.45, 2.75) is 32.4 Å². The third-order valence-electron chi connectivity index (χ3n) is 6.43. The predicted molar refractivity (Wildman–Crippen MR) is 111 cm³/mol. The third-order valence-corrected chi connectivity index (χ3v) is 6.43. The number of ether oxygens (including phenoxy) is 1. The van der Waals surface area contributed by atoms with Gasteiger partial charge in [0.15, 0.2) is 0 Å². The first-order valence-corrected chi connectivity index (χ1v) is 10.7. The Morgan fingerprint density at radius 1 is 1.26 bits per heavy atom. The van der Waals surface area contributed by atoms with E-state index >= 15 is 0 Å². The monoisotopic (exact) mass is 422 g/mol. The summed E-state index contributed by atoms with van der Waals surface area (Å²) in [6.07, 6.45) is 4.68. The second kappa shape index (κ2) is 8.80. The molecule has 2 fully saturated rings. The van der Waals surface area contributed by atoms with Crippen LogP contribution in [-0.4, -0.2) is 46.9 Å². The standard InChI is InChI=1S/C23H26N4O4/c1-15-9-10-17-13-27(25-23(30)31-14-16-6-3-2-4-7-16)22(29)20(17)19(15)21(28)26-11-5-8-18(26)12-24/h2-4,6-7,9-10,15,17-20H,5,8,11,13-14H2,1H3,(H,25,30). The quantitative estimate of drug-likeness (QED) is 0.750. The number of amides is 3. The molecule has 31 heavy (non-hydrogen) atoms. The molecule has 1 aromatic rings. The molecular formula is C23H26N4O4. The molecule has 0 saturated carbocycles. The van der Waals surface area contributed by atoms with Gasteiger partial charge in [-0.2, -0.15) is 5.26 Å². The molecule has 0 radical (unpaired) electrons. The third kappa shape index (κ3) is 4.13. The van der Waals surface area contributed by atoms with Crippen LogP contribution in [0.15, 0.2) is 42.5 Å². The van der Waals surface area contributed by atoms with Crippen LogP contribution in [0.5, 0.6) is 0 Å². The lowest BCUT2D eigenvalue weighted by atomic mass is 9.71. The molecule has 8 heteroatoms. The van der Waals surface area contributed by atoms with Crippen molar-refractivity contribution in [3.63, 3.8) is 0 Å². The number of nitrogens with one attached hydrogen (secondary N) is 1. The molecular weight excluding hydrogens is 396 g/mol. The van der Waals surface area contributed by atoms with Crippen molar-refractivity contribution < 1.29 is 19.1 Å². The lowest BCUT2D eigenvalue weighted by Crippen LogP contribution is -2.49. The molecule has 0 aromatic heterocycles. The minimum absolute atomic E-state index is 0.101. The van der Waals surface area contributed by atoms with Crippen LogP contribution in [0, 0.1) is 35.0 Å². The van der Waals surface area contributed by atoms with Gasteiger partial charge in [-0.15, -0.1) is 0 Å². The van der Waals surface area contributed by atoms with Crippen LogP contribution in [0.3, 0.4) is 0 Å². The van der Waals surface area contributed by atoms with E-state index in [-0.39, 0.29) is 30.3 Å². The molecule has 1 aromatic carbocycles. The number of hydrazine groups is 1. The summed E-state index contributed by atoms with van der Waals surface area (Å²) in [6, 6.07) is 11.0. The zero-order chi connectivity index (χ0) is 22.0.